The highest BCUT2D eigenvalue weighted by atomic mass is 32.2. The van der Waals surface area contributed by atoms with E-state index in [1.165, 1.54) is 30.7 Å². The number of methoxy groups -OCH3 is 1. The molecule has 1 aromatic heterocycles. The zero-order valence-electron chi connectivity index (χ0n) is 19.5. The van der Waals surface area contributed by atoms with Crippen LogP contribution >= 0.6 is 0 Å². The summed E-state index contributed by atoms with van der Waals surface area (Å²) in [6.45, 7) is 2.23. The second-order valence-electron chi connectivity index (χ2n) is 10.7. The average molecular weight is 479 g/mol. The molecule has 1 N–H and O–H groups in total. The lowest BCUT2D eigenvalue weighted by atomic mass is 9.49. The van der Waals surface area contributed by atoms with Gasteiger partial charge in [-0.2, -0.15) is 4.31 Å². The first-order valence-corrected chi connectivity index (χ1v) is 13.6. The Bertz CT molecular complexity index is 1010. The van der Waals surface area contributed by atoms with Crippen LogP contribution in [0.2, 0.25) is 0 Å². The van der Waals surface area contributed by atoms with Crippen LogP contribution in [0.4, 0.5) is 0 Å². The van der Waals surface area contributed by atoms with Crippen LogP contribution in [0.3, 0.4) is 0 Å². The second kappa shape index (κ2) is 8.41. The first-order valence-electron chi connectivity index (χ1n) is 12.2. The largest absolute Gasteiger partial charge is 0.465 e. The van der Waals surface area contributed by atoms with Crippen molar-refractivity contribution in [1.82, 2.24) is 9.62 Å². The smallest absolute Gasteiger partial charge is 0.341 e. The number of hydrogen-bond donors (Lipinski definition) is 1. The van der Waals surface area contributed by atoms with Gasteiger partial charge in [0, 0.05) is 30.1 Å². The Morgan fingerprint density at radius 3 is 2.39 bits per heavy atom. The number of nitrogens with one attached hydrogen (secondary N) is 1. The highest BCUT2D eigenvalue weighted by Gasteiger charge is 2.54. The van der Waals surface area contributed by atoms with Crippen LogP contribution in [-0.2, 0) is 19.6 Å². The molecule has 5 aliphatic rings. The zero-order chi connectivity index (χ0) is 23.4. The average Bonchev–Trinajstić information content (AvgIpc) is 3.18. The molecule has 4 saturated carbocycles. The van der Waals surface area contributed by atoms with Crippen molar-refractivity contribution in [2.75, 3.05) is 20.2 Å². The number of carbonyl (C=O) groups excluding carboxylic acids is 2. The number of furan rings is 1. The predicted molar refractivity (Wildman–Crippen MR) is 120 cm³/mol. The van der Waals surface area contributed by atoms with Crippen molar-refractivity contribution >= 4 is 21.9 Å². The minimum Gasteiger partial charge on any atom is -0.465 e. The monoisotopic (exact) mass is 478 g/mol. The van der Waals surface area contributed by atoms with Gasteiger partial charge in [-0.25, -0.2) is 13.2 Å². The molecule has 2 heterocycles. The predicted octanol–water partition coefficient (Wildman–Crippen LogP) is 3.25. The van der Waals surface area contributed by atoms with Gasteiger partial charge in [0.1, 0.15) is 11.8 Å². The third kappa shape index (κ3) is 3.91. The van der Waals surface area contributed by atoms with Gasteiger partial charge >= 0.3 is 5.97 Å². The molecule has 1 atom stereocenters. The van der Waals surface area contributed by atoms with Gasteiger partial charge in [0.2, 0.25) is 11.0 Å². The summed E-state index contributed by atoms with van der Waals surface area (Å²) in [7, 11) is -2.70. The van der Waals surface area contributed by atoms with E-state index in [4.69, 9.17) is 9.15 Å². The van der Waals surface area contributed by atoms with Crippen molar-refractivity contribution in [3.63, 3.8) is 0 Å². The molecule has 4 bridgehead atoms. The molecular weight excluding hydrogens is 444 g/mol. The Morgan fingerprint density at radius 1 is 1.15 bits per heavy atom. The van der Waals surface area contributed by atoms with Crippen molar-refractivity contribution < 1.29 is 27.2 Å². The first kappa shape index (κ1) is 22.9. The van der Waals surface area contributed by atoms with Crippen LogP contribution in [0.25, 0.3) is 0 Å². The van der Waals surface area contributed by atoms with Gasteiger partial charge in [-0.3, -0.25) is 4.79 Å². The van der Waals surface area contributed by atoms with Gasteiger partial charge in [-0.1, -0.05) is 6.42 Å². The van der Waals surface area contributed by atoms with E-state index in [9.17, 15) is 18.0 Å². The molecular formula is C24H34N2O6S. The van der Waals surface area contributed by atoms with E-state index in [0.29, 0.717) is 37.3 Å². The Kier molecular flexibility index (Phi) is 5.84. The maximum atomic E-state index is 13.5. The number of piperidine rings is 1. The number of amides is 1. The van der Waals surface area contributed by atoms with Crippen molar-refractivity contribution in [1.29, 1.82) is 0 Å². The quantitative estimate of drug-likeness (QED) is 0.629. The number of carbonyl (C=O) groups is 2. The van der Waals surface area contributed by atoms with Crippen LogP contribution in [0, 0.1) is 30.1 Å². The molecule has 5 fully saturated rings. The molecule has 1 saturated heterocycles. The maximum Gasteiger partial charge on any atom is 0.341 e. The van der Waals surface area contributed by atoms with Crippen LogP contribution in [0.15, 0.2) is 15.8 Å². The Balaban J connectivity index is 1.31. The van der Waals surface area contributed by atoms with Gasteiger partial charge in [0.05, 0.1) is 7.11 Å². The number of ether oxygens (including phenoxy) is 1. The summed E-state index contributed by atoms with van der Waals surface area (Å²) in [5.74, 6) is 1.53. The maximum absolute atomic E-state index is 13.5. The van der Waals surface area contributed by atoms with Crippen LogP contribution < -0.4 is 5.32 Å². The third-order valence-corrected chi connectivity index (χ3v) is 10.5. The van der Waals surface area contributed by atoms with Gasteiger partial charge in [0.25, 0.3) is 10.0 Å². The van der Waals surface area contributed by atoms with Crippen molar-refractivity contribution in [2.45, 2.75) is 75.8 Å². The standard InChI is InChI=1S/C24H34N2O6S/c1-15-20(21(27)31-2)14-32-22(15)33(29,30)26-6-4-3-5-19(26)13-25-23(28)24-10-16-7-17(11-24)9-18(8-16)12-24/h14,16-19H,3-13H2,1-2H3,(H,25,28). The molecule has 4 aliphatic carbocycles. The van der Waals surface area contributed by atoms with E-state index in [-0.39, 0.29) is 33.6 Å². The van der Waals surface area contributed by atoms with Crippen molar-refractivity contribution in [3.05, 3.63) is 17.4 Å². The van der Waals surface area contributed by atoms with Gasteiger partial charge < -0.3 is 14.5 Å². The topological polar surface area (TPSA) is 106 Å². The van der Waals surface area contributed by atoms with Crippen LogP contribution in [0.1, 0.15) is 73.7 Å². The minimum atomic E-state index is -3.95. The lowest BCUT2D eigenvalue weighted by molar-refractivity contribution is -0.146. The molecule has 6 rings (SSSR count). The fourth-order valence-electron chi connectivity index (χ4n) is 7.35. The molecule has 1 aliphatic heterocycles. The molecule has 1 unspecified atom stereocenters. The molecule has 1 aromatic rings. The van der Waals surface area contributed by atoms with E-state index in [2.05, 4.69) is 5.32 Å². The summed E-state index contributed by atoms with van der Waals surface area (Å²) in [5, 5.41) is 2.94. The summed E-state index contributed by atoms with van der Waals surface area (Å²) in [5.41, 5.74) is 0.115. The zero-order valence-corrected chi connectivity index (χ0v) is 20.3. The molecule has 182 valence electrons. The van der Waals surface area contributed by atoms with Crippen LogP contribution in [0.5, 0.6) is 0 Å². The number of rotatable bonds is 6. The molecule has 8 nitrogen and oxygen atoms in total. The number of esters is 1. The van der Waals surface area contributed by atoms with Crippen LogP contribution in [-0.4, -0.2) is 50.8 Å². The summed E-state index contributed by atoms with van der Waals surface area (Å²) in [6, 6.07) is -0.326. The fourth-order valence-corrected chi connectivity index (χ4v) is 9.17. The highest BCUT2D eigenvalue weighted by Crippen LogP contribution is 2.60. The van der Waals surface area contributed by atoms with Gasteiger partial charge in [-0.05, 0) is 76.0 Å². The van der Waals surface area contributed by atoms with E-state index in [1.54, 1.807) is 6.92 Å². The lowest BCUT2D eigenvalue weighted by Gasteiger charge is -2.55. The van der Waals surface area contributed by atoms with Gasteiger partial charge in [-0.15, -0.1) is 0 Å². The molecule has 33 heavy (non-hydrogen) atoms. The second-order valence-corrected chi connectivity index (χ2v) is 12.5. The number of sulfonamides is 1. The summed E-state index contributed by atoms with van der Waals surface area (Å²) in [4.78, 5) is 25.3. The summed E-state index contributed by atoms with van der Waals surface area (Å²) in [6.07, 6.45) is 10.3. The molecule has 9 heteroatoms. The Hall–Kier alpha value is -1.87. The van der Waals surface area contributed by atoms with E-state index in [0.717, 1.165) is 38.4 Å². The van der Waals surface area contributed by atoms with E-state index >= 15 is 0 Å². The fraction of sp³-hybridized carbons (Fsp3) is 0.750. The number of hydrogen-bond acceptors (Lipinski definition) is 6. The highest BCUT2D eigenvalue weighted by molar-refractivity contribution is 7.89. The molecule has 0 aromatic carbocycles. The SMILES string of the molecule is COC(=O)c1coc(S(=O)(=O)N2CCCCC2CNC(=O)C23CC4CC(CC(C4)C2)C3)c1C. The normalized spacial score (nSPS) is 33.8. The van der Waals surface area contributed by atoms with Crippen molar-refractivity contribution in [2.24, 2.45) is 23.2 Å². The summed E-state index contributed by atoms with van der Waals surface area (Å²) < 4.78 is 38.5. The number of nitrogens with zero attached hydrogens (tertiary/aromatic N) is 1. The Labute approximate surface area is 195 Å². The van der Waals surface area contributed by atoms with E-state index in [1.807, 2.05) is 0 Å². The molecule has 0 radical (unpaired) electrons. The van der Waals surface area contributed by atoms with Gasteiger partial charge in [0.15, 0.2) is 0 Å². The molecule has 0 spiro atoms. The summed E-state index contributed by atoms with van der Waals surface area (Å²) >= 11 is 0. The minimum absolute atomic E-state index is 0.111. The lowest BCUT2D eigenvalue weighted by Crippen LogP contribution is -2.56. The van der Waals surface area contributed by atoms with E-state index < -0.39 is 16.0 Å². The first-order chi connectivity index (χ1) is 15.7. The molecule has 1 amide bonds. The van der Waals surface area contributed by atoms with Crippen molar-refractivity contribution in [3.8, 4) is 0 Å². The Morgan fingerprint density at radius 2 is 1.79 bits per heavy atom. The third-order valence-electron chi connectivity index (χ3n) is 8.53.